The van der Waals surface area contributed by atoms with E-state index in [0.717, 1.165) is 24.3 Å². The number of unbranched alkanes of at least 4 members (excludes halogenated alkanes) is 2. The van der Waals surface area contributed by atoms with Gasteiger partial charge in [0.1, 0.15) is 6.04 Å². The van der Waals surface area contributed by atoms with Gasteiger partial charge in [0, 0.05) is 43.9 Å². The number of halogens is 1. The zero-order valence-corrected chi connectivity index (χ0v) is 18.4. The molecule has 0 saturated carbocycles. The zero-order valence-electron chi connectivity index (χ0n) is 16.0. The van der Waals surface area contributed by atoms with Crippen LogP contribution in [0.3, 0.4) is 0 Å². The number of nitrogens with zero attached hydrogens (tertiary/aromatic N) is 1. The molecular formula is C17H31ClN4O4S2. The number of hydrogen-bond donors (Lipinski definition) is 4. The monoisotopic (exact) mass is 454 g/mol. The van der Waals surface area contributed by atoms with Gasteiger partial charge in [-0.2, -0.15) is 0 Å². The maximum Gasteiger partial charge on any atom is 0.243 e. The van der Waals surface area contributed by atoms with Crippen molar-refractivity contribution >= 4 is 53.7 Å². The average molecular weight is 455 g/mol. The summed E-state index contributed by atoms with van der Waals surface area (Å²) >= 11 is 3.73. The van der Waals surface area contributed by atoms with Crippen LogP contribution in [-0.2, 0) is 14.4 Å². The minimum atomic E-state index is -0.409. The van der Waals surface area contributed by atoms with Crippen LogP contribution >= 0.6 is 35.9 Å². The highest BCUT2D eigenvalue weighted by molar-refractivity contribution is 8.21. The van der Waals surface area contributed by atoms with E-state index in [1.165, 1.54) is 0 Å². The Morgan fingerprint density at radius 3 is 2.46 bits per heavy atom. The van der Waals surface area contributed by atoms with Crippen molar-refractivity contribution < 1.29 is 19.6 Å². The van der Waals surface area contributed by atoms with Crippen LogP contribution in [0.1, 0.15) is 44.9 Å². The summed E-state index contributed by atoms with van der Waals surface area (Å²) in [5.41, 5.74) is 7.13. The van der Waals surface area contributed by atoms with Crippen molar-refractivity contribution in [2.24, 2.45) is 5.73 Å². The molecule has 0 aromatic heterocycles. The van der Waals surface area contributed by atoms with Crippen molar-refractivity contribution in [3.05, 3.63) is 0 Å². The Kier molecular flexibility index (Phi) is 11.6. The van der Waals surface area contributed by atoms with Gasteiger partial charge in [0.05, 0.1) is 4.08 Å². The highest BCUT2D eigenvalue weighted by Crippen LogP contribution is 2.51. The molecule has 28 heavy (non-hydrogen) atoms. The number of hydrogen-bond acceptors (Lipinski definition) is 7. The number of nitrogens with two attached hydrogens (primary N) is 1. The summed E-state index contributed by atoms with van der Waals surface area (Å²) in [6.07, 6.45) is 4.19. The molecule has 0 radical (unpaired) electrons. The number of likely N-dealkylation sites (tertiary alicyclic amines) is 1. The Bertz CT molecular complexity index is 535. The van der Waals surface area contributed by atoms with E-state index in [1.54, 1.807) is 10.4 Å². The van der Waals surface area contributed by atoms with Crippen LogP contribution in [0.2, 0.25) is 0 Å². The fourth-order valence-corrected chi connectivity index (χ4v) is 6.67. The van der Waals surface area contributed by atoms with E-state index in [0.29, 0.717) is 45.3 Å². The predicted molar refractivity (Wildman–Crippen MR) is 115 cm³/mol. The molecule has 0 unspecified atom stereocenters. The first kappa shape index (κ1) is 25.4. The topological polar surface area (TPSA) is 125 Å². The van der Waals surface area contributed by atoms with E-state index in [9.17, 15) is 14.4 Å². The van der Waals surface area contributed by atoms with Gasteiger partial charge in [-0.1, -0.05) is 6.42 Å². The van der Waals surface area contributed by atoms with Gasteiger partial charge in [0.15, 0.2) is 0 Å². The minimum absolute atomic E-state index is 0. The van der Waals surface area contributed by atoms with Gasteiger partial charge in [0.25, 0.3) is 0 Å². The van der Waals surface area contributed by atoms with Crippen LogP contribution < -0.4 is 16.5 Å². The zero-order chi connectivity index (χ0) is 19.7. The normalized spacial score (nSPS) is 20.1. The summed E-state index contributed by atoms with van der Waals surface area (Å²) in [7, 11) is 0. The summed E-state index contributed by atoms with van der Waals surface area (Å²) in [6, 6.07) is -0.409. The lowest BCUT2D eigenvalue weighted by Gasteiger charge is -2.24. The SMILES string of the molecule is Cl.NCCCC(=O)N1CC2(C[C@H]1C(=O)NCCCCCC(=O)NO)SCCS2. The molecule has 162 valence electrons. The second-order valence-corrected chi connectivity index (χ2v) is 10.1. The van der Waals surface area contributed by atoms with E-state index in [1.807, 2.05) is 23.5 Å². The first-order valence-electron chi connectivity index (χ1n) is 9.49. The van der Waals surface area contributed by atoms with Crippen molar-refractivity contribution in [2.75, 3.05) is 31.1 Å². The van der Waals surface area contributed by atoms with Crippen LogP contribution in [0.5, 0.6) is 0 Å². The number of hydroxylamine groups is 1. The lowest BCUT2D eigenvalue weighted by molar-refractivity contribution is -0.138. The fourth-order valence-electron chi connectivity index (χ4n) is 3.41. The Labute approximate surface area is 180 Å². The van der Waals surface area contributed by atoms with E-state index >= 15 is 0 Å². The van der Waals surface area contributed by atoms with Crippen molar-refractivity contribution in [2.45, 2.75) is 55.1 Å². The van der Waals surface area contributed by atoms with Gasteiger partial charge in [-0.05, 0) is 25.8 Å². The number of rotatable bonds is 10. The molecule has 0 aliphatic carbocycles. The van der Waals surface area contributed by atoms with Gasteiger partial charge < -0.3 is 16.0 Å². The Hall–Kier alpha value is -0.680. The van der Waals surface area contributed by atoms with Gasteiger partial charge in [-0.3, -0.25) is 19.6 Å². The molecule has 8 nitrogen and oxygen atoms in total. The molecule has 1 atom stereocenters. The van der Waals surface area contributed by atoms with E-state index in [4.69, 9.17) is 10.9 Å². The van der Waals surface area contributed by atoms with Crippen molar-refractivity contribution in [1.82, 2.24) is 15.7 Å². The summed E-state index contributed by atoms with van der Waals surface area (Å²) in [6.45, 7) is 1.62. The molecule has 0 aromatic carbocycles. The van der Waals surface area contributed by atoms with Crippen LogP contribution in [0.25, 0.3) is 0 Å². The minimum Gasteiger partial charge on any atom is -0.354 e. The Balaban J connectivity index is 0.00000392. The predicted octanol–water partition coefficient (Wildman–Crippen LogP) is 1.11. The molecule has 2 saturated heterocycles. The largest absolute Gasteiger partial charge is 0.354 e. The molecule has 2 aliphatic rings. The second-order valence-electron chi connectivity index (χ2n) is 6.88. The highest BCUT2D eigenvalue weighted by Gasteiger charge is 2.50. The second kappa shape index (κ2) is 12.8. The smallest absolute Gasteiger partial charge is 0.243 e. The maximum atomic E-state index is 12.7. The van der Waals surface area contributed by atoms with E-state index in [-0.39, 0.29) is 34.7 Å². The van der Waals surface area contributed by atoms with Crippen molar-refractivity contribution in [1.29, 1.82) is 0 Å². The van der Waals surface area contributed by atoms with Gasteiger partial charge in [-0.15, -0.1) is 35.9 Å². The molecule has 2 rings (SSSR count). The molecule has 0 bridgehead atoms. The number of carbonyl (C=O) groups excluding carboxylic acids is 3. The lowest BCUT2D eigenvalue weighted by Crippen LogP contribution is -2.46. The summed E-state index contributed by atoms with van der Waals surface area (Å²) < 4.78 is -0.0436. The van der Waals surface area contributed by atoms with Crippen molar-refractivity contribution in [3.63, 3.8) is 0 Å². The number of amides is 3. The molecule has 11 heteroatoms. The highest BCUT2D eigenvalue weighted by atomic mass is 35.5. The Morgan fingerprint density at radius 1 is 1.11 bits per heavy atom. The molecular weight excluding hydrogens is 424 g/mol. The summed E-state index contributed by atoms with van der Waals surface area (Å²) in [4.78, 5) is 38.0. The van der Waals surface area contributed by atoms with E-state index < -0.39 is 11.9 Å². The number of carbonyl (C=O) groups is 3. The molecule has 2 heterocycles. The molecule has 2 aliphatic heterocycles. The Morgan fingerprint density at radius 2 is 1.82 bits per heavy atom. The first-order valence-corrected chi connectivity index (χ1v) is 11.5. The summed E-state index contributed by atoms with van der Waals surface area (Å²) in [5, 5.41) is 11.4. The maximum absolute atomic E-state index is 12.7. The van der Waals surface area contributed by atoms with Crippen molar-refractivity contribution in [3.8, 4) is 0 Å². The first-order chi connectivity index (χ1) is 13.0. The van der Waals surface area contributed by atoms with Gasteiger partial charge in [0.2, 0.25) is 17.7 Å². The fraction of sp³-hybridized carbons (Fsp3) is 0.824. The quantitative estimate of drug-likeness (QED) is 0.221. The van der Waals surface area contributed by atoms with Crippen LogP contribution in [-0.4, -0.2) is 69.1 Å². The van der Waals surface area contributed by atoms with Crippen LogP contribution in [0.4, 0.5) is 0 Å². The van der Waals surface area contributed by atoms with Crippen LogP contribution in [0.15, 0.2) is 0 Å². The third kappa shape index (κ3) is 7.29. The molecule has 5 N–H and O–H groups in total. The molecule has 1 spiro atoms. The lowest BCUT2D eigenvalue weighted by atomic mass is 10.1. The van der Waals surface area contributed by atoms with Crippen LogP contribution in [0, 0.1) is 0 Å². The standard InChI is InChI=1S/C17H30N4O4S2.ClH/c18-7-4-6-15(23)21-12-17(26-9-10-27-17)11-13(21)16(24)19-8-3-1-2-5-14(22)20-25;/h13,25H,1-12,18H2,(H,19,24)(H,20,22);1H/t13-;/m0./s1. The van der Waals surface area contributed by atoms with E-state index in [2.05, 4.69) is 5.32 Å². The third-order valence-electron chi connectivity index (χ3n) is 4.83. The average Bonchev–Trinajstić information content (AvgIpc) is 3.29. The molecule has 2 fully saturated rings. The number of nitrogens with one attached hydrogen (secondary N) is 2. The van der Waals surface area contributed by atoms with Gasteiger partial charge in [-0.25, -0.2) is 5.48 Å². The molecule has 0 aromatic rings. The van der Waals surface area contributed by atoms with Gasteiger partial charge >= 0.3 is 0 Å². The number of thioether (sulfide) groups is 2. The molecule has 3 amide bonds. The summed E-state index contributed by atoms with van der Waals surface area (Å²) in [5.74, 6) is 1.65. The third-order valence-corrected chi connectivity index (χ3v) is 8.25.